The third-order valence-corrected chi connectivity index (χ3v) is 3.94. The van der Waals surface area contributed by atoms with E-state index in [2.05, 4.69) is 5.32 Å². The molecule has 0 unspecified atom stereocenters. The average molecular weight is 376 g/mol. The lowest BCUT2D eigenvalue weighted by molar-refractivity contribution is -0.117. The monoisotopic (exact) mass is 376 g/mol. The smallest absolute Gasteiger partial charge is 0.238 e. The zero-order valence-electron chi connectivity index (χ0n) is 15.8. The maximum Gasteiger partial charge on any atom is 0.238 e. The average Bonchev–Trinajstić information content (AvgIpc) is 2.62. The summed E-state index contributed by atoms with van der Waals surface area (Å²) >= 11 is 0. The number of ether oxygens (including phenoxy) is 1. The number of rotatable bonds is 10. The third kappa shape index (κ3) is 7.45. The van der Waals surface area contributed by atoms with Crippen LogP contribution in [0.25, 0.3) is 0 Å². The normalized spacial score (nSPS) is 11.2. The van der Waals surface area contributed by atoms with Crippen molar-refractivity contribution in [3.63, 3.8) is 0 Å². The first kappa shape index (κ1) is 21.0. The number of halogens is 2. The van der Waals surface area contributed by atoms with Crippen LogP contribution in [0.5, 0.6) is 0 Å². The fraction of sp³-hybridized carbons (Fsp3) is 0.381. The summed E-state index contributed by atoms with van der Waals surface area (Å²) in [6.07, 6.45) is 0.842. The lowest BCUT2D eigenvalue weighted by Gasteiger charge is -2.22. The molecule has 0 aromatic heterocycles. The molecule has 2 aromatic carbocycles. The molecule has 0 saturated heterocycles. The first-order valence-electron chi connectivity index (χ1n) is 9.07. The Morgan fingerprint density at radius 3 is 2.41 bits per heavy atom. The second kappa shape index (κ2) is 10.7. The van der Waals surface area contributed by atoms with Crippen molar-refractivity contribution in [2.45, 2.75) is 32.9 Å². The van der Waals surface area contributed by atoms with Crippen LogP contribution in [-0.4, -0.2) is 36.6 Å². The maximum absolute atomic E-state index is 14.0. The molecular weight excluding hydrogens is 350 g/mol. The zero-order chi connectivity index (χ0) is 19.6. The predicted octanol–water partition coefficient (Wildman–Crippen LogP) is 4.22. The van der Waals surface area contributed by atoms with E-state index in [-0.39, 0.29) is 30.1 Å². The van der Waals surface area contributed by atoms with Crippen LogP contribution >= 0.6 is 0 Å². The fourth-order valence-electron chi connectivity index (χ4n) is 2.64. The van der Waals surface area contributed by atoms with E-state index >= 15 is 0 Å². The number of hydrogen-bond acceptors (Lipinski definition) is 3. The minimum atomic E-state index is -0.489. The van der Waals surface area contributed by atoms with Gasteiger partial charge in [0.1, 0.15) is 11.6 Å². The van der Waals surface area contributed by atoms with E-state index in [4.69, 9.17) is 4.74 Å². The van der Waals surface area contributed by atoms with Crippen LogP contribution in [0.1, 0.15) is 25.8 Å². The zero-order valence-corrected chi connectivity index (χ0v) is 15.8. The summed E-state index contributed by atoms with van der Waals surface area (Å²) in [4.78, 5) is 14.2. The number of anilines is 1. The second-order valence-electron chi connectivity index (χ2n) is 6.60. The molecule has 1 N–H and O–H groups in total. The Kier molecular flexibility index (Phi) is 8.36. The largest absolute Gasteiger partial charge is 0.379 e. The predicted molar refractivity (Wildman–Crippen MR) is 102 cm³/mol. The number of benzene rings is 2. The number of hydrogen-bond donors (Lipinski definition) is 1. The van der Waals surface area contributed by atoms with Crippen LogP contribution in [0.3, 0.4) is 0 Å². The second-order valence-corrected chi connectivity index (χ2v) is 6.60. The summed E-state index contributed by atoms with van der Waals surface area (Å²) in [5.41, 5.74) is 0.650. The molecule has 0 fully saturated rings. The molecule has 1 amide bonds. The summed E-state index contributed by atoms with van der Waals surface area (Å²) in [5, 5.41) is 2.57. The standard InChI is InChI=1S/C21H26F2N2O2/c1-16(2)27-13-7-12-25(14-17-8-3-4-9-18(17)22)15-21(26)24-20-11-6-5-10-19(20)23/h3-6,8-11,16H,7,12-15H2,1-2H3,(H,24,26). The highest BCUT2D eigenvalue weighted by Crippen LogP contribution is 2.14. The van der Waals surface area contributed by atoms with Crippen LogP contribution in [0.15, 0.2) is 48.5 Å². The molecule has 0 spiro atoms. The van der Waals surface area contributed by atoms with Gasteiger partial charge in [0.15, 0.2) is 0 Å². The minimum absolute atomic E-state index is 0.0321. The Morgan fingerprint density at radius 1 is 1.07 bits per heavy atom. The Balaban J connectivity index is 1.98. The molecule has 4 nitrogen and oxygen atoms in total. The van der Waals surface area contributed by atoms with Crippen molar-refractivity contribution in [2.24, 2.45) is 0 Å². The van der Waals surface area contributed by atoms with Crippen molar-refractivity contribution in [3.05, 3.63) is 65.7 Å². The highest BCUT2D eigenvalue weighted by Gasteiger charge is 2.14. The highest BCUT2D eigenvalue weighted by molar-refractivity contribution is 5.92. The molecule has 2 aromatic rings. The van der Waals surface area contributed by atoms with Gasteiger partial charge < -0.3 is 10.1 Å². The Hall–Kier alpha value is -2.31. The van der Waals surface area contributed by atoms with Crippen molar-refractivity contribution < 1.29 is 18.3 Å². The van der Waals surface area contributed by atoms with Gasteiger partial charge in [0.2, 0.25) is 5.91 Å². The van der Waals surface area contributed by atoms with E-state index in [1.54, 1.807) is 30.3 Å². The molecule has 0 aliphatic carbocycles. The molecule has 27 heavy (non-hydrogen) atoms. The van der Waals surface area contributed by atoms with Gasteiger partial charge in [0.25, 0.3) is 0 Å². The van der Waals surface area contributed by atoms with Crippen LogP contribution in [0, 0.1) is 11.6 Å². The summed E-state index contributed by atoms with van der Waals surface area (Å²) in [6.45, 7) is 5.35. The van der Waals surface area contributed by atoms with E-state index in [1.807, 2.05) is 18.7 Å². The van der Waals surface area contributed by atoms with E-state index in [0.29, 0.717) is 31.7 Å². The quantitative estimate of drug-likeness (QED) is 0.631. The van der Waals surface area contributed by atoms with Crippen LogP contribution in [0.4, 0.5) is 14.5 Å². The van der Waals surface area contributed by atoms with Gasteiger partial charge in [-0.1, -0.05) is 30.3 Å². The van der Waals surface area contributed by atoms with Gasteiger partial charge >= 0.3 is 0 Å². The molecule has 0 radical (unpaired) electrons. The van der Waals surface area contributed by atoms with Gasteiger partial charge in [0, 0.05) is 25.3 Å². The van der Waals surface area contributed by atoms with Gasteiger partial charge in [-0.25, -0.2) is 8.78 Å². The molecule has 0 aliphatic heterocycles. The van der Waals surface area contributed by atoms with E-state index < -0.39 is 5.82 Å². The highest BCUT2D eigenvalue weighted by atomic mass is 19.1. The topological polar surface area (TPSA) is 41.6 Å². The molecular formula is C21H26F2N2O2. The molecule has 146 valence electrons. The molecule has 6 heteroatoms. The number of carbonyl (C=O) groups excluding carboxylic acids is 1. The van der Waals surface area contributed by atoms with Crippen molar-refractivity contribution in [1.29, 1.82) is 0 Å². The third-order valence-electron chi connectivity index (χ3n) is 3.94. The van der Waals surface area contributed by atoms with Gasteiger partial charge in [0.05, 0.1) is 18.3 Å². The number of nitrogens with zero attached hydrogens (tertiary/aromatic N) is 1. The Morgan fingerprint density at radius 2 is 1.74 bits per heavy atom. The first-order valence-corrected chi connectivity index (χ1v) is 9.07. The van der Waals surface area contributed by atoms with Crippen molar-refractivity contribution in [3.8, 4) is 0 Å². The SMILES string of the molecule is CC(C)OCCCN(CC(=O)Nc1ccccc1F)Cc1ccccc1F. The number of amides is 1. The van der Waals surface area contributed by atoms with Gasteiger partial charge in [-0.15, -0.1) is 0 Å². The number of para-hydroxylation sites is 1. The molecule has 0 saturated carbocycles. The van der Waals surface area contributed by atoms with Gasteiger partial charge in [-0.3, -0.25) is 9.69 Å². The van der Waals surface area contributed by atoms with E-state index in [1.165, 1.54) is 18.2 Å². The maximum atomic E-state index is 14.0. The molecule has 0 heterocycles. The van der Waals surface area contributed by atoms with Gasteiger partial charge in [-0.2, -0.15) is 0 Å². The number of nitrogens with one attached hydrogen (secondary N) is 1. The van der Waals surface area contributed by atoms with Crippen molar-refractivity contribution in [2.75, 3.05) is 25.0 Å². The summed E-state index contributed by atoms with van der Waals surface area (Å²) in [7, 11) is 0. The minimum Gasteiger partial charge on any atom is -0.379 e. The van der Waals surface area contributed by atoms with Crippen LogP contribution < -0.4 is 5.32 Å². The van der Waals surface area contributed by atoms with Crippen LogP contribution in [0.2, 0.25) is 0 Å². The summed E-state index contributed by atoms with van der Waals surface area (Å²) < 4.78 is 33.2. The Bertz CT molecular complexity index is 738. The van der Waals surface area contributed by atoms with Crippen LogP contribution in [-0.2, 0) is 16.1 Å². The molecule has 2 rings (SSSR count). The summed E-state index contributed by atoms with van der Waals surface area (Å²) in [5.74, 6) is -1.14. The van der Waals surface area contributed by atoms with E-state index in [9.17, 15) is 13.6 Å². The molecule has 0 aliphatic rings. The van der Waals surface area contributed by atoms with Crippen molar-refractivity contribution >= 4 is 11.6 Å². The molecule has 0 bridgehead atoms. The molecule has 0 atom stereocenters. The summed E-state index contributed by atoms with van der Waals surface area (Å²) in [6, 6.07) is 12.5. The van der Waals surface area contributed by atoms with E-state index in [0.717, 1.165) is 0 Å². The number of carbonyl (C=O) groups is 1. The lowest BCUT2D eigenvalue weighted by atomic mass is 10.2. The van der Waals surface area contributed by atoms with Crippen molar-refractivity contribution in [1.82, 2.24) is 4.90 Å². The fourth-order valence-corrected chi connectivity index (χ4v) is 2.64. The Labute approximate surface area is 159 Å². The lowest BCUT2D eigenvalue weighted by Crippen LogP contribution is -2.34. The first-order chi connectivity index (χ1) is 13.0. The van der Waals surface area contributed by atoms with Gasteiger partial charge in [-0.05, 0) is 38.5 Å².